The first-order chi connectivity index (χ1) is 7.65. The van der Waals surface area contributed by atoms with Crippen LogP contribution < -0.4 is 5.32 Å². The highest BCUT2D eigenvalue weighted by Gasteiger charge is 2.09. The molecule has 0 aromatic heterocycles. The molecule has 2 nitrogen and oxygen atoms in total. The molecule has 0 radical (unpaired) electrons. The number of carbonyl (C=O) groups is 1. The number of nitrogens with one attached hydrogen (secondary N) is 1. The van der Waals surface area contributed by atoms with E-state index in [1.807, 2.05) is 0 Å². The van der Waals surface area contributed by atoms with Gasteiger partial charge in [0.1, 0.15) is 0 Å². The van der Waals surface area contributed by atoms with Gasteiger partial charge in [-0.05, 0) is 25.1 Å². The van der Waals surface area contributed by atoms with Gasteiger partial charge in [0.2, 0.25) is 0 Å². The molecule has 1 rings (SSSR count). The molecule has 0 aliphatic rings. The number of rotatable bonds is 3. The zero-order valence-electron chi connectivity index (χ0n) is 8.81. The second-order valence-corrected chi connectivity index (χ2v) is 3.90. The fraction of sp³-hybridized carbons (Fsp3) is 0.250. The van der Waals surface area contributed by atoms with Crippen molar-refractivity contribution < 1.29 is 4.79 Å². The molecule has 0 bridgehead atoms. The van der Waals surface area contributed by atoms with E-state index in [4.69, 9.17) is 23.2 Å². The summed E-state index contributed by atoms with van der Waals surface area (Å²) in [6.07, 6.45) is 0.625. The van der Waals surface area contributed by atoms with Crippen LogP contribution in [0.2, 0.25) is 10.0 Å². The van der Waals surface area contributed by atoms with Crippen molar-refractivity contribution in [2.75, 3.05) is 6.54 Å². The summed E-state index contributed by atoms with van der Waals surface area (Å²) in [6, 6.07) is 4.79. The van der Waals surface area contributed by atoms with Gasteiger partial charge in [0.15, 0.2) is 0 Å². The Labute approximate surface area is 105 Å². The highest BCUT2D eigenvalue weighted by Crippen LogP contribution is 2.20. The smallest absolute Gasteiger partial charge is 0.252 e. The molecular weight excluding hydrogens is 245 g/mol. The van der Waals surface area contributed by atoms with Crippen molar-refractivity contribution in [2.24, 2.45) is 0 Å². The Morgan fingerprint density at radius 3 is 2.88 bits per heavy atom. The lowest BCUT2D eigenvalue weighted by molar-refractivity contribution is 0.0954. The van der Waals surface area contributed by atoms with E-state index in [2.05, 4.69) is 17.2 Å². The molecule has 4 heteroatoms. The van der Waals surface area contributed by atoms with Crippen LogP contribution in [0.1, 0.15) is 23.7 Å². The van der Waals surface area contributed by atoms with Crippen LogP contribution in [0, 0.1) is 11.8 Å². The Hall–Kier alpha value is -1.17. The molecular formula is C12H11Cl2NO. The Morgan fingerprint density at radius 2 is 2.19 bits per heavy atom. The zero-order valence-corrected chi connectivity index (χ0v) is 10.3. The fourth-order valence-electron chi connectivity index (χ4n) is 1.13. The number of hydrogen-bond donors (Lipinski definition) is 1. The predicted molar refractivity (Wildman–Crippen MR) is 66.9 cm³/mol. The largest absolute Gasteiger partial charge is 0.351 e. The Kier molecular flexibility index (Phi) is 5.18. The van der Waals surface area contributed by atoms with Gasteiger partial charge < -0.3 is 5.32 Å². The van der Waals surface area contributed by atoms with Gasteiger partial charge in [-0.2, -0.15) is 0 Å². The van der Waals surface area contributed by atoms with Crippen molar-refractivity contribution >= 4 is 29.1 Å². The van der Waals surface area contributed by atoms with E-state index < -0.39 is 0 Å². The highest BCUT2D eigenvalue weighted by molar-refractivity contribution is 6.35. The van der Waals surface area contributed by atoms with E-state index in [0.717, 1.165) is 0 Å². The average Bonchev–Trinajstić information content (AvgIpc) is 2.27. The molecule has 0 aliphatic carbocycles. The van der Waals surface area contributed by atoms with Gasteiger partial charge in [0.05, 0.1) is 10.6 Å². The van der Waals surface area contributed by atoms with Gasteiger partial charge in [-0.1, -0.05) is 23.2 Å². The molecule has 1 aromatic carbocycles. The van der Waals surface area contributed by atoms with E-state index in [0.29, 0.717) is 28.6 Å². The Bertz CT molecular complexity index is 446. The first-order valence-corrected chi connectivity index (χ1v) is 5.53. The molecule has 0 heterocycles. The van der Waals surface area contributed by atoms with Gasteiger partial charge in [0, 0.05) is 18.0 Å². The standard InChI is InChI=1S/C12H11Cl2NO/c1-2-3-4-7-15-12(16)10-8-9(13)5-6-11(10)14/h5-6,8H,4,7H2,1H3,(H,15,16). The molecule has 0 saturated carbocycles. The van der Waals surface area contributed by atoms with Crippen LogP contribution in [-0.4, -0.2) is 12.5 Å². The van der Waals surface area contributed by atoms with Crippen LogP contribution in [0.15, 0.2) is 18.2 Å². The van der Waals surface area contributed by atoms with Crippen LogP contribution in [-0.2, 0) is 0 Å². The first kappa shape index (κ1) is 12.9. The third kappa shape index (κ3) is 3.77. The number of carbonyl (C=O) groups excluding carboxylic acids is 1. The summed E-state index contributed by atoms with van der Waals surface area (Å²) in [5.41, 5.74) is 0.388. The van der Waals surface area contributed by atoms with Gasteiger partial charge in [-0.25, -0.2) is 0 Å². The minimum absolute atomic E-state index is 0.231. The summed E-state index contributed by atoms with van der Waals surface area (Å²) in [5, 5.41) is 3.60. The molecule has 1 N–H and O–H groups in total. The number of amides is 1. The lowest BCUT2D eigenvalue weighted by atomic mass is 10.2. The maximum atomic E-state index is 11.7. The molecule has 0 fully saturated rings. The van der Waals surface area contributed by atoms with Crippen LogP contribution >= 0.6 is 23.2 Å². The fourth-order valence-corrected chi connectivity index (χ4v) is 1.51. The molecule has 1 amide bonds. The number of hydrogen-bond acceptors (Lipinski definition) is 1. The summed E-state index contributed by atoms with van der Waals surface area (Å²) in [5.74, 6) is 5.38. The van der Waals surface area contributed by atoms with Gasteiger partial charge in [0.25, 0.3) is 5.91 Å². The normalized spacial score (nSPS) is 9.19. The SMILES string of the molecule is CC#CCCNC(=O)c1cc(Cl)ccc1Cl. The van der Waals surface area contributed by atoms with Gasteiger partial charge in [-0.3, -0.25) is 4.79 Å². The minimum Gasteiger partial charge on any atom is -0.351 e. The molecule has 84 valence electrons. The van der Waals surface area contributed by atoms with Crippen LogP contribution in [0.25, 0.3) is 0 Å². The van der Waals surface area contributed by atoms with Crippen molar-refractivity contribution in [2.45, 2.75) is 13.3 Å². The molecule has 0 spiro atoms. The van der Waals surface area contributed by atoms with Crippen molar-refractivity contribution in [3.8, 4) is 11.8 Å². The van der Waals surface area contributed by atoms with E-state index in [9.17, 15) is 4.79 Å². The second kappa shape index (κ2) is 6.42. The van der Waals surface area contributed by atoms with Crippen LogP contribution in [0.4, 0.5) is 0 Å². The molecule has 0 aliphatic heterocycles. The first-order valence-electron chi connectivity index (χ1n) is 4.78. The third-order valence-electron chi connectivity index (χ3n) is 1.89. The van der Waals surface area contributed by atoms with Crippen LogP contribution in [0.5, 0.6) is 0 Å². The van der Waals surface area contributed by atoms with E-state index in [1.54, 1.807) is 25.1 Å². The summed E-state index contributed by atoms with van der Waals surface area (Å²) in [4.78, 5) is 11.7. The topological polar surface area (TPSA) is 29.1 Å². The molecule has 0 unspecified atom stereocenters. The predicted octanol–water partition coefficient (Wildman–Crippen LogP) is 3.14. The molecule has 1 aromatic rings. The van der Waals surface area contributed by atoms with Gasteiger partial charge in [-0.15, -0.1) is 11.8 Å². The number of benzene rings is 1. The van der Waals surface area contributed by atoms with Crippen molar-refractivity contribution in [3.05, 3.63) is 33.8 Å². The zero-order chi connectivity index (χ0) is 12.0. The lowest BCUT2D eigenvalue weighted by Gasteiger charge is -2.05. The van der Waals surface area contributed by atoms with Crippen molar-refractivity contribution in [3.63, 3.8) is 0 Å². The second-order valence-electron chi connectivity index (χ2n) is 3.06. The summed E-state index contributed by atoms with van der Waals surface area (Å²) in [6.45, 7) is 2.26. The van der Waals surface area contributed by atoms with E-state index >= 15 is 0 Å². The highest BCUT2D eigenvalue weighted by atomic mass is 35.5. The summed E-state index contributed by atoms with van der Waals surface area (Å²) >= 11 is 11.7. The quantitative estimate of drug-likeness (QED) is 0.653. The molecule has 0 saturated heterocycles. The Balaban J connectivity index is 2.64. The van der Waals surface area contributed by atoms with E-state index in [-0.39, 0.29) is 5.91 Å². The average molecular weight is 256 g/mol. The van der Waals surface area contributed by atoms with E-state index in [1.165, 1.54) is 0 Å². The monoisotopic (exact) mass is 255 g/mol. The maximum Gasteiger partial charge on any atom is 0.252 e. The summed E-state index contributed by atoms with van der Waals surface area (Å²) < 4.78 is 0. The third-order valence-corrected chi connectivity index (χ3v) is 2.45. The number of halogens is 2. The molecule has 16 heavy (non-hydrogen) atoms. The van der Waals surface area contributed by atoms with Gasteiger partial charge >= 0.3 is 0 Å². The molecule has 0 atom stereocenters. The Morgan fingerprint density at radius 1 is 1.44 bits per heavy atom. The summed E-state index contributed by atoms with van der Waals surface area (Å²) in [7, 11) is 0. The van der Waals surface area contributed by atoms with Crippen molar-refractivity contribution in [1.29, 1.82) is 0 Å². The lowest BCUT2D eigenvalue weighted by Crippen LogP contribution is -2.24. The minimum atomic E-state index is -0.231. The maximum absolute atomic E-state index is 11.7. The van der Waals surface area contributed by atoms with Crippen LogP contribution in [0.3, 0.4) is 0 Å². The van der Waals surface area contributed by atoms with Crippen molar-refractivity contribution in [1.82, 2.24) is 5.32 Å².